The minimum absolute atomic E-state index is 0.0708. The fourth-order valence-electron chi connectivity index (χ4n) is 2.36. The van der Waals surface area contributed by atoms with Crippen LogP contribution in [0.3, 0.4) is 0 Å². The summed E-state index contributed by atoms with van der Waals surface area (Å²) in [5.74, 6) is 2.03. The summed E-state index contributed by atoms with van der Waals surface area (Å²) in [5, 5.41) is 10.8. The maximum Gasteiger partial charge on any atom is 0.246 e. The molecule has 21 heavy (non-hydrogen) atoms. The molecule has 0 saturated carbocycles. The lowest BCUT2D eigenvalue weighted by Crippen LogP contribution is -2.34. The Morgan fingerprint density at radius 2 is 2.14 bits per heavy atom. The van der Waals surface area contributed by atoms with E-state index in [1.165, 1.54) is 0 Å². The maximum atomic E-state index is 11.8. The van der Waals surface area contributed by atoms with Crippen molar-refractivity contribution in [1.29, 1.82) is 0 Å². The van der Waals surface area contributed by atoms with Gasteiger partial charge in [-0.25, -0.2) is 0 Å². The quantitative estimate of drug-likeness (QED) is 0.636. The van der Waals surface area contributed by atoms with Gasteiger partial charge in [-0.2, -0.15) is 10.2 Å². The Bertz CT molecular complexity index is 477. The zero-order valence-corrected chi connectivity index (χ0v) is 11.9. The number of carbonyl (C=O) groups is 2. The molecule has 0 aromatic rings. The van der Waals surface area contributed by atoms with Gasteiger partial charge < -0.3 is 15.8 Å². The lowest BCUT2D eigenvalue weighted by atomic mass is 10.0. The summed E-state index contributed by atoms with van der Waals surface area (Å²) >= 11 is 0. The predicted molar refractivity (Wildman–Crippen MR) is 75.0 cm³/mol. The van der Waals surface area contributed by atoms with Crippen LogP contribution in [0.2, 0.25) is 0 Å². The van der Waals surface area contributed by atoms with Gasteiger partial charge >= 0.3 is 0 Å². The van der Waals surface area contributed by atoms with Gasteiger partial charge in [-0.05, 0) is 12.8 Å². The van der Waals surface area contributed by atoms with Gasteiger partial charge in [0, 0.05) is 32.2 Å². The van der Waals surface area contributed by atoms with Crippen LogP contribution >= 0.6 is 0 Å². The number of terminal acetylenes is 1. The Balaban J connectivity index is 1.60. The van der Waals surface area contributed by atoms with E-state index >= 15 is 0 Å². The maximum absolute atomic E-state index is 11.8. The van der Waals surface area contributed by atoms with E-state index < -0.39 is 17.7 Å². The molecule has 2 heterocycles. The first-order valence-electron chi connectivity index (χ1n) is 7.14. The molecule has 0 bridgehead atoms. The minimum Gasteiger partial charge on any atom is -0.367 e. The third kappa shape index (κ3) is 4.53. The molecule has 7 heteroatoms. The van der Waals surface area contributed by atoms with Crippen LogP contribution in [-0.2, 0) is 14.3 Å². The van der Waals surface area contributed by atoms with Gasteiger partial charge in [0.2, 0.25) is 11.8 Å². The number of rotatable bonds is 8. The number of ether oxygens (including phenoxy) is 1. The van der Waals surface area contributed by atoms with Gasteiger partial charge in [0.25, 0.3) is 0 Å². The molecule has 2 aliphatic rings. The summed E-state index contributed by atoms with van der Waals surface area (Å²) in [7, 11) is 0. The molecule has 3 N–H and O–H groups in total. The number of carbonyl (C=O) groups excluding carboxylic acids is 2. The van der Waals surface area contributed by atoms with Crippen molar-refractivity contribution >= 4 is 11.8 Å². The van der Waals surface area contributed by atoms with E-state index in [2.05, 4.69) is 21.5 Å². The molecule has 0 spiro atoms. The number of nitrogens with zero attached hydrogens (tertiary/aromatic N) is 2. The number of amides is 2. The first kappa shape index (κ1) is 15.4. The molecule has 114 valence electrons. The van der Waals surface area contributed by atoms with E-state index in [0.717, 1.165) is 6.42 Å². The fourth-order valence-corrected chi connectivity index (χ4v) is 2.36. The monoisotopic (exact) mass is 292 g/mol. The Morgan fingerprint density at radius 1 is 1.38 bits per heavy atom. The van der Waals surface area contributed by atoms with Crippen LogP contribution in [0.5, 0.6) is 0 Å². The van der Waals surface area contributed by atoms with E-state index in [9.17, 15) is 9.59 Å². The number of hydrogen-bond donors (Lipinski definition) is 2. The Labute approximate surface area is 123 Å². The van der Waals surface area contributed by atoms with E-state index in [4.69, 9.17) is 16.9 Å². The molecule has 2 aliphatic heterocycles. The molecule has 0 aliphatic carbocycles. The minimum atomic E-state index is -0.525. The van der Waals surface area contributed by atoms with Gasteiger partial charge in [-0.3, -0.25) is 9.59 Å². The normalized spacial score (nSPS) is 25.3. The molecule has 0 aromatic carbocycles. The molecule has 7 nitrogen and oxygen atoms in total. The van der Waals surface area contributed by atoms with Gasteiger partial charge in [0.1, 0.15) is 6.10 Å². The van der Waals surface area contributed by atoms with Gasteiger partial charge in [0.15, 0.2) is 5.66 Å². The summed E-state index contributed by atoms with van der Waals surface area (Å²) in [5.41, 5.74) is 4.75. The average Bonchev–Trinajstić information content (AvgIpc) is 3.07. The summed E-state index contributed by atoms with van der Waals surface area (Å²) in [6, 6.07) is 0. The number of nitrogens with two attached hydrogens (primary N) is 1. The second-order valence-corrected chi connectivity index (χ2v) is 5.42. The van der Waals surface area contributed by atoms with Crippen LogP contribution in [0.15, 0.2) is 10.2 Å². The molecule has 0 aromatic heterocycles. The van der Waals surface area contributed by atoms with Crippen LogP contribution in [0.25, 0.3) is 0 Å². The van der Waals surface area contributed by atoms with Crippen LogP contribution < -0.4 is 11.1 Å². The third-order valence-electron chi connectivity index (χ3n) is 3.76. The first-order valence-corrected chi connectivity index (χ1v) is 7.14. The topological polar surface area (TPSA) is 106 Å². The first-order chi connectivity index (χ1) is 10.0. The fraction of sp³-hybridized carbons (Fsp3) is 0.714. The van der Waals surface area contributed by atoms with Crippen molar-refractivity contribution in [1.82, 2.24) is 5.32 Å². The Hall–Kier alpha value is -1.94. The van der Waals surface area contributed by atoms with Crippen molar-refractivity contribution < 1.29 is 14.3 Å². The van der Waals surface area contributed by atoms with Crippen molar-refractivity contribution in [3.05, 3.63) is 0 Å². The smallest absolute Gasteiger partial charge is 0.246 e. The highest BCUT2D eigenvalue weighted by molar-refractivity contribution is 5.79. The molecule has 2 amide bonds. The van der Waals surface area contributed by atoms with Crippen molar-refractivity contribution in [3.63, 3.8) is 0 Å². The van der Waals surface area contributed by atoms with Crippen molar-refractivity contribution in [2.24, 2.45) is 16.0 Å². The van der Waals surface area contributed by atoms with Crippen LogP contribution in [0.1, 0.15) is 38.5 Å². The second-order valence-electron chi connectivity index (χ2n) is 5.42. The standard InChI is InChI=1S/C14H20N4O3/c1-2-3-7-14(17-18-14)8-6-12(19)16-9-10-4-5-11(21-10)13(15)20/h1,10-11H,3-9H2,(H2,15,20)(H,16,19). The van der Waals surface area contributed by atoms with Gasteiger partial charge in [-0.15, -0.1) is 12.3 Å². The SMILES string of the molecule is C#CCCC1(CCC(=O)NCC2CCC(C(N)=O)O2)N=N1. The largest absolute Gasteiger partial charge is 0.367 e. The van der Waals surface area contributed by atoms with E-state index in [0.29, 0.717) is 38.6 Å². The molecular weight excluding hydrogens is 272 g/mol. The molecule has 1 fully saturated rings. The van der Waals surface area contributed by atoms with E-state index in [1.54, 1.807) is 0 Å². The Morgan fingerprint density at radius 3 is 2.71 bits per heavy atom. The lowest BCUT2D eigenvalue weighted by Gasteiger charge is -2.13. The lowest BCUT2D eigenvalue weighted by molar-refractivity contribution is -0.128. The average molecular weight is 292 g/mol. The van der Waals surface area contributed by atoms with Crippen molar-refractivity contribution in [3.8, 4) is 12.3 Å². The van der Waals surface area contributed by atoms with Crippen LogP contribution in [-0.4, -0.2) is 36.2 Å². The number of nitrogens with one attached hydrogen (secondary N) is 1. The van der Waals surface area contributed by atoms with Crippen LogP contribution in [0.4, 0.5) is 0 Å². The highest BCUT2D eigenvalue weighted by atomic mass is 16.5. The zero-order chi connectivity index (χ0) is 15.3. The number of hydrogen-bond acceptors (Lipinski definition) is 5. The summed E-state index contributed by atoms with van der Waals surface area (Å²) < 4.78 is 5.44. The molecule has 1 saturated heterocycles. The van der Waals surface area contributed by atoms with Crippen LogP contribution in [0, 0.1) is 12.3 Å². The predicted octanol–water partition coefficient (Wildman–Crippen LogP) is 0.491. The number of primary amides is 1. The summed E-state index contributed by atoms with van der Waals surface area (Å²) in [6.45, 7) is 0.397. The van der Waals surface area contributed by atoms with Gasteiger partial charge in [0.05, 0.1) is 6.10 Å². The third-order valence-corrected chi connectivity index (χ3v) is 3.76. The van der Waals surface area contributed by atoms with Crippen molar-refractivity contribution in [2.45, 2.75) is 56.4 Å². The van der Waals surface area contributed by atoms with Crippen molar-refractivity contribution in [2.75, 3.05) is 6.54 Å². The highest BCUT2D eigenvalue weighted by Gasteiger charge is 2.39. The highest BCUT2D eigenvalue weighted by Crippen LogP contribution is 2.37. The molecule has 0 radical (unpaired) electrons. The van der Waals surface area contributed by atoms with Gasteiger partial charge in [-0.1, -0.05) is 0 Å². The molecular formula is C14H20N4O3. The molecule has 2 rings (SSSR count). The van der Waals surface area contributed by atoms with E-state index in [1.807, 2.05) is 0 Å². The zero-order valence-electron chi connectivity index (χ0n) is 11.9. The summed E-state index contributed by atoms with van der Waals surface area (Å²) in [4.78, 5) is 22.7. The summed E-state index contributed by atoms with van der Waals surface area (Å²) in [6.07, 6.45) is 8.12. The Kier molecular flexibility index (Phi) is 4.91. The molecule has 2 atom stereocenters. The second kappa shape index (κ2) is 6.68. The van der Waals surface area contributed by atoms with E-state index in [-0.39, 0.29) is 12.0 Å². The molecule has 2 unspecified atom stereocenters.